The Bertz CT molecular complexity index is 218. The molecule has 0 aliphatic rings. The SMILES string of the molecule is CC(=N/C=C/N)C(C)(C)C#N. The van der Waals surface area contributed by atoms with Gasteiger partial charge in [0.05, 0.1) is 11.5 Å². The second kappa shape index (κ2) is 3.77. The standard InChI is InChI=1S/C8H13N3/c1-7(11-5-4-9)8(2,3)6-10/h4-5H,9H2,1-3H3/b5-4+,11-7?. The van der Waals surface area contributed by atoms with Crippen LogP contribution >= 0.6 is 0 Å². The van der Waals surface area contributed by atoms with E-state index in [0.717, 1.165) is 5.71 Å². The largest absolute Gasteiger partial charge is 0.403 e. The quantitative estimate of drug-likeness (QED) is 0.607. The Morgan fingerprint density at radius 2 is 2.18 bits per heavy atom. The Labute approximate surface area is 67.2 Å². The van der Waals surface area contributed by atoms with Gasteiger partial charge in [-0.1, -0.05) is 0 Å². The van der Waals surface area contributed by atoms with Crippen LogP contribution in [0, 0.1) is 16.7 Å². The van der Waals surface area contributed by atoms with E-state index in [-0.39, 0.29) is 0 Å². The van der Waals surface area contributed by atoms with Gasteiger partial charge in [0.15, 0.2) is 0 Å². The molecule has 0 aliphatic heterocycles. The molecular formula is C8H13N3. The maximum atomic E-state index is 8.68. The summed E-state index contributed by atoms with van der Waals surface area (Å²) >= 11 is 0. The van der Waals surface area contributed by atoms with E-state index in [4.69, 9.17) is 11.0 Å². The van der Waals surface area contributed by atoms with E-state index in [2.05, 4.69) is 11.1 Å². The van der Waals surface area contributed by atoms with Crippen LogP contribution in [0.5, 0.6) is 0 Å². The molecule has 0 aromatic rings. The lowest BCUT2D eigenvalue weighted by Crippen LogP contribution is -2.18. The lowest BCUT2D eigenvalue weighted by atomic mass is 9.90. The topological polar surface area (TPSA) is 62.2 Å². The highest BCUT2D eigenvalue weighted by atomic mass is 14.7. The molecule has 0 saturated carbocycles. The summed E-state index contributed by atoms with van der Waals surface area (Å²) in [5.74, 6) is 0. The summed E-state index contributed by atoms with van der Waals surface area (Å²) in [6, 6.07) is 2.14. The van der Waals surface area contributed by atoms with Gasteiger partial charge in [-0.3, -0.25) is 4.99 Å². The molecule has 0 aliphatic carbocycles. The predicted octanol–water partition coefficient (Wildman–Crippen LogP) is 1.43. The third-order valence-corrected chi connectivity index (χ3v) is 1.54. The number of hydrogen-bond acceptors (Lipinski definition) is 3. The first-order valence-electron chi connectivity index (χ1n) is 3.37. The van der Waals surface area contributed by atoms with Crippen molar-refractivity contribution in [2.45, 2.75) is 20.8 Å². The maximum Gasteiger partial charge on any atom is 0.0895 e. The van der Waals surface area contributed by atoms with E-state index < -0.39 is 5.41 Å². The first kappa shape index (κ1) is 9.70. The van der Waals surface area contributed by atoms with Crippen LogP contribution in [-0.2, 0) is 0 Å². The molecule has 11 heavy (non-hydrogen) atoms. The van der Waals surface area contributed by atoms with Crippen molar-refractivity contribution in [3.63, 3.8) is 0 Å². The molecule has 0 fully saturated rings. The van der Waals surface area contributed by atoms with E-state index in [9.17, 15) is 0 Å². The van der Waals surface area contributed by atoms with Crippen LogP contribution in [0.1, 0.15) is 20.8 Å². The van der Waals surface area contributed by atoms with Crippen LogP contribution in [-0.4, -0.2) is 5.71 Å². The molecule has 0 amide bonds. The highest BCUT2D eigenvalue weighted by Gasteiger charge is 2.19. The Balaban J connectivity index is 4.49. The second-order valence-electron chi connectivity index (χ2n) is 2.79. The molecule has 0 atom stereocenters. The van der Waals surface area contributed by atoms with Gasteiger partial charge in [-0.25, -0.2) is 0 Å². The summed E-state index contributed by atoms with van der Waals surface area (Å²) in [4.78, 5) is 3.97. The van der Waals surface area contributed by atoms with Crippen molar-refractivity contribution in [1.82, 2.24) is 0 Å². The van der Waals surface area contributed by atoms with Gasteiger partial charge in [0.25, 0.3) is 0 Å². The van der Waals surface area contributed by atoms with Gasteiger partial charge in [-0.05, 0) is 20.8 Å². The minimum absolute atomic E-state index is 0.500. The fourth-order valence-corrected chi connectivity index (χ4v) is 0.397. The summed E-state index contributed by atoms with van der Waals surface area (Å²) < 4.78 is 0. The highest BCUT2D eigenvalue weighted by molar-refractivity contribution is 5.90. The molecule has 0 radical (unpaired) electrons. The summed E-state index contributed by atoms with van der Waals surface area (Å²) in [5, 5.41) is 8.68. The van der Waals surface area contributed by atoms with Crippen molar-refractivity contribution in [2.75, 3.05) is 0 Å². The molecule has 0 rings (SSSR count). The van der Waals surface area contributed by atoms with Crippen LogP contribution in [0.4, 0.5) is 0 Å². The van der Waals surface area contributed by atoms with Crippen molar-refractivity contribution in [3.8, 4) is 6.07 Å². The fourth-order valence-electron chi connectivity index (χ4n) is 0.397. The van der Waals surface area contributed by atoms with Crippen LogP contribution < -0.4 is 5.73 Å². The molecular weight excluding hydrogens is 138 g/mol. The molecule has 3 nitrogen and oxygen atoms in total. The van der Waals surface area contributed by atoms with Gasteiger partial charge in [0, 0.05) is 18.1 Å². The van der Waals surface area contributed by atoms with Crippen molar-refractivity contribution in [1.29, 1.82) is 5.26 Å². The van der Waals surface area contributed by atoms with Gasteiger partial charge in [0.2, 0.25) is 0 Å². The normalized spacial score (nSPS) is 13.5. The molecule has 60 valence electrons. The number of hydrogen-bond donors (Lipinski definition) is 1. The maximum absolute atomic E-state index is 8.68. The molecule has 0 heterocycles. The number of nitrogens with zero attached hydrogens (tertiary/aromatic N) is 2. The van der Waals surface area contributed by atoms with Crippen LogP contribution in [0.15, 0.2) is 17.4 Å². The predicted molar refractivity (Wildman–Crippen MR) is 45.8 cm³/mol. The monoisotopic (exact) mass is 151 g/mol. The second-order valence-corrected chi connectivity index (χ2v) is 2.79. The smallest absolute Gasteiger partial charge is 0.0895 e. The fraction of sp³-hybridized carbons (Fsp3) is 0.500. The number of rotatable bonds is 2. The molecule has 0 aromatic heterocycles. The highest BCUT2D eigenvalue weighted by Crippen LogP contribution is 2.15. The molecule has 0 aromatic carbocycles. The van der Waals surface area contributed by atoms with E-state index in [1.165, 1.54) is 12.4 Å². The zero-order valence-electron chi connectivity index (χ0n) is 7.13. The van der Waals surface area contributed by atoms with Gasteiger partial charge >= 0.3 is 0 Å². The van der Waals surface area contributed by atoms with Crippen molar-refractivity contribution in [2.24, 2.45) is 16.1 Å². The van der Waals surface area contributed by atoms with Crippen LogP contribution in [0.2, 0.25) is 0 Å². The molecule has 2 N–H and O–H groups in total. The van der Waals surface area contributed by atoms with E-state index in [1.54, 1.807) is 0 Å². The van der Waals surface area contributed by atoms with Gasteiger partial charge in [0.1, 0.15) is 0 Å². The third-order valence-electron chi connectivity index (χ3n) is 1.54. The van der Waals surface area contributed by atoms with Crippen LogP contribution in [0.25, 0.3) is 0 Å². The van der Waals surface area contributed by atoms with E-state index in [1.807, 2.05) is 20.8 Å². The Morgan fingerprint density at radius 1 is 1.64 bits per heavy atom. The lowest BCUT2D eigenvalue weighted by molar-refractivity contribution is 0.690. The minimum Gasteiger partial charge on any atom is -0.403 e. The third kappa shape index (κ3) is 2.85. The zero-order chi connectivity index (χ0) is 8.91. The Kier molecular flexibility index (Phi) is 3.32. The molecule has 0 unspecified atom stereocenters. The average molecular weight is 151 g/mol. The van der Waals surface area contributed by atoms with Gasteiger partial charge < -0.3 is 5.73 Å². The van der Waals surface area contributed by atoms with Gasteiger partial charge in [-0.2, -0.15) is 5.26 Å². The summed E-state index contributed by atoms with van der Waals surface area (Å²) in [5.41, 5.74) is 5.36. The first-order valence-corrected chi connectivity index (χ1v) is 3.37. The number of nitrogens with two attached hydrogens (primary N) is 1. The van der Waals surface area contributed by atoms with Crippen molar-refractivity contribution >= 4 is 5.71 Å². The average Bonchev–Trinajstić information content (AvgIpc) is 2.00. The zero-order valence-corrected chi connectivity index (χ0v) is 7.13. The summed E-state index contributed by atoms with van der Waals surface area (Å²) in [6.07, 6.45) is 2.82. The lowest BCUT2D eigenvalue weighted by Gasteiger charge is -2.13. The summed E-state index contributed by atoms with van der Waals surface area (Å²) in [7, 11) is 0. The van der Waals surface area contributed by atoms with E-state index in [0.29, 0.717) is 0 Å². The van der Waals surface area contributed by atoms with E-state index >= 15 is 0 Å². The molecule has 3 heteroatoms. The first-order chi connectivity index (χ1) is 5.04. The minimum atomic E-state index is -0.500. The number of aliphatic imine (C=N–C) groups is 1. The molecule has 0 bridgehead atoms. The van der Waals surface area contributed by atoms with Crippen molar-refractivity contribution < 1.29 is 0 Å². The molecule has 0 saturated heterocycles. The summed E-state index contributed by atoms with van der Waals surface area (Å²) in [6.45, 7) is 5.44. The van der Waals surface area contributed by atoms with Crippen molar-refractivity contribution in [3.05, 3.63) is 12.4 Å². The Hall–Kier alpha value is -1.30. The van der Waals surface area contributed by atoms with Crippen LogP contribution in [0.3, 0.4) is 0 Å². The molecule has 0 spiro atoms. The number of nitriles is 1. The Morgan fingerprint density at radius 3 is 2.55 bits per heavy atom. The van der Waals surface area contributed by atoms with Gasteiger partial charge in [-0.15, -0.1) is 0 Å².